The molecule has 106 valence electrons. The van der Waals surface area contributed by atoms with Crippen molar-refractivity contribution < 1.29 is 13.9 Å². The number of nitrogens with one attached hydrogen (secondary N) is 2. The molecule has 0 fully saturated rings. The van der Waals surface area contributed by atoms with Crippen LogP contribution in [-0.4, -0.2) is 13.1 Å². The maximum Gasteiger partial charge on any atom is 0.319 e. The minimum atomic E-state index is -0.346. The Labute approximate surface area is 121 Å². The second kappa shape index (κ2) is 6.34. The number of hydrogen-bond acceptors (Lipinski definition) is 3. The van der Waals surface area contributed by atoms with Gasteiger partial charge in [0.25, 0.3) is 0 Å². The number of hydrogen-bond donors (Lipinski definition) is 2. The molecule has 2 aromatic rings. The van der Waals surface area contributed by atoms with E-state index in [0.29, 0.717) is 28.8 Å². The zero-order chi connectivity index (χ0) is 14.5. The van der Waals surface area contributed by atoms with E-state index >= 15 is 0 Å². The van der Waals surface area contributed by atoms with E-state index in [-0.39, 0.29) is 6.03 Å². The third-order valence-corrected chi connectivity index (χ3v) is 3.14. The SMILES string of the molecule is COc1cc(Cl)c(C)cc1NC(=O)NCc1ccco1. The quantitative estimate of drug-likeness (QED) is 0.906. The van der Waals surface area contributed by atoms with Crippen molar-refractivity contribution in [2.75, 3.05) is 12.4 Å². The number of anilines is 1. The summed E-state index contributed by atoms with van der Waals surface area (Å²) >= 11 is 6.01. The fraction of sp³-hybridized carbons (Fsp3) is 0.214. The topological polar surface area (TPSA) is 63.5 Å². The predicted molar refractivity (Wildman–Crippen MR) is 77.3 cm³/mol. The van der Waals surface area contributed by atoms with Crippen LogP contribution < -0.4 is 15.4 Å². The molecule has 0 bridgehead atoms. The molecule has 2 amide bonds. The summed E-state index contributed by atoms with van der Waals surface area (Å²) in [6, 6.07) is 6.63. The first kappa shape index (κ1) is 14.3. The number of halogens is 1. The highest BCUT2D eigenvalue weighted by Gasteiger charge is 2.10. The van der Waals surface area contributed by atoms with Gasteiger partial charge in [-0.3, -0.25) is 0 Å². The number of benzene rings is 1. The molecule has 1 aromatic heterocycles. The summed E-state index contributed by atoms with van der Waals surface area (Å²) in [6.07, 6.45) is 1.56. The summed E-state index contributed by atoms with van der Waals surface area (Å²) in [5, 5.41) is 5.99. The van der Waals surface area contributed by atoms with Crippen LogP contribution in [0.15, 0.2) is 34.9 Å². The number of furan rings is 1. The van der Waals surface area contributed by atoms with Crippen LogP contribution in [0.4, 0.5) is 10.5 Å². The molecule has 20 heavy (non-hydrogen) atoms. The number of methoxy groups -OCH3 is 1. The third kappa shape index (κ3) is 3.45. The standard InChI is InChI=1S/C14H15ClN2O3/c1-9-6-12(13(19-2)7-11(9)15)17-14(18)16-8-10-4-3-5-20-10/h3-7H,8H2,1-2H3,(H2,16,17,18). The largest absolute Gasteiger partial charge is 0.495 e. The molecule has 2 N–H and O–H groups in total. The second-order valence-corrected chi connectivity index (χ2v) is 4.60. The van der Waals surface area contributed by atoms with Gasteiger partial charge in [0.15, 0.2) is 0 Å². The van der Waals surface area contributed by atoms with Gasteiger partial charge in [-0.2, -0.15) is 0 Å². The summed E-state index contributed by atoms with van der Waals surface area (Å²) in [5.74, 6) is 1.19. The molecule has 1 heterocycles. The van der Waals surface area contributed by atoms with E-state index in [1.165, 1.54) is 7.11 Å². The summed E-state index contributed by atoms with van der Waals surface area (Å²) in [5.41, 5.74) is 1.42. The highest BCUT2D eigenvalue weighted by Crippen LogP contribution is 2.30. The smallest absolute Gasteiger partial charge is 0.319 e. The molecule has 1 aromatic carbocycles. The van der Waals surface area contributed by atoms with E-state index in [2.05, 4.69) is 10.6 Å². The average Bonchev–Trinajstić information content (AvgIpc) is 2.93. The van der Waals surface area contributed by atoms with Crippen LogP contribution in [0.3, 0.4) is 0 Å². The minimum absolute atomic E-state index is 0.313. The predicted octanol–water partition coefficient (Wildman–Crippen LogP) is 3.57. The average molecular weight is 295 g/mol. The van der Waals surface area contributed by atoms with Crippen molar-refractivity contribution in [3.8, 4) is 5.75 Å². The zero-order valence-corrected chi connectivity index (χ0v) is 12.0. The van der Waals surface area contributed by atoms with Crippen molar-refractivity contribution >= 4 is 23.3 Å². The van der Waals surface area contributed by atoms with Crippen LogP contribution in [0, 0.1) is 6.92 Å². The van der Waals surface area contributed by atoms with Gasteiger partial charge in [-0.1, -0.05) is 11.6 Å². The fourth-order valence-electron chi connectivity index (χ4n) is 1.68. The van der Waals surface area contributed by atoms with Gasteiger partial charge in [-0.15, -0.1) is 0 Å². The van der Waals surface area contributed by atoms with Gasteiger partial charge in [0.1, 0.15) is 11.5 Å². The Balaban J connectivity index is 2.01. The summed E-state index contributed by atoms with van der Waals surface area (Å²) in [4.78, 5) is 11.8. The highest BCUT2D eigenvalue weighted by atomic mass is 35.5. The van der Waals surface area contributed by atoms with E-state index < -0.39 is 0 Å². The summed E-state index contributed by atoms with van der Waals surface area (Å²) in [6.45, 7) is 2.17. The fourth-order valence-corrected chi connectivity index (χ4v) is 1.83. The highest BCUT2D eigenvalue weighted by molar-refractivity contribution is 6.31. The van der Waals surface area contributed by atoms with Crippen LogP contribution in [0.5, 0.6) is 5.75 Å². The molecule has 6 heteroatoms. The number of urea groups is 1. The number of aryl methyl sites for hydroxylation is 1. The van der Waals surface area contributed by atoms with Crippen molar-refractivity contribution in [1.29, 1.82) is 0 Å². The first-order valence-corrected chi connectivity index (χ1v) is 6.39. The van der Waals surface area contributed by atoms with Crippen LogP contribution >= 0.6 is 11.6 Å². The third-order valence-electron chi connectivity index (χ3n) is 2.73. The summed E-state index contributed by atoms with van der Waals surface area (Å²) < 4.78 is 10.3. The van der Waals surface area contributed by atoms with Crippen LogP contribution in [0.2, 0.25) is 5.02 Å². The molecule has 0 atom stereocenters. The molecule has 0 spiro atoms. The van der Waals surface area contributed by atoms with Crippen molar-refractivity contribution in [3.63, 3.8) is 0 Å². The lowest BCUT2D eigenvalue weighted by atomic mass is 10.2. The maximum atomic E-state index is 11.8. The molecule has 0 aliphatic carbocycles. The minimum Gasteiger partial charge on any atom is -0.495 e. The van der Waals surface area contributed by atoms with Crippen LogP contribution in [0.25, 0.3) is 0 Å². The van der Waals surface area contributed by atoms with Gasteiger partial charge in [-0.25, -0.2) is 4.79 Å². The number of rotatable bonds is 4. The van der Waals surface area contributed by atoms with Gasteiger partial charge >= 0.3 is 6.03 Å². The monoisotopic (exact) mass is 294 g/mol. The lowest BCUT2D eigenvalue weighted by molar-refractivity contribution is 0.250. The molecule has 0 saturated heterocycles. The van der Waals surface area contributed by atoms with Crippen LogP contribution in [0.1, 0.15) is 11.3 Å². The van der Waals surface area contributed by atoms with Crippen molar-refractivity contribution in [1.82, 2.24) is 5.32 Å². The number of ether oxygens (including phenoxy) is 1. The Morgan fingerprint density at radius 3 is 2.90 bits per heavy atom. The molecule has 0 unspecified atom stereocenters. The molecular formula is C14H15ClN2O3. The summed E-state index contributed by atoms with van der Waals surface area (Å²) in [7, 11) is 1.52. The van der Waals surface area contributed by atoms with E-state index in [4.69, 9.17) is 20.8 Å². The van der Waals surface area contributed by atoms with Crippen molar-refractivity contribution in [3.05, 3.63) is 46.9 Å². The van der Waals surface area contributed by atoms with E-state index in [1.54, 1.807) is 30.5 Å². The normalized spacial score (nSPS) is 10.2. The lowest BCUT2D eigenvalue weighted by Gasteiger charge is -2.12. The zero-order valence-electron chi connectivity index (χ0n) is 11.2. The van der Waals surface area contributed by atoms with Crippen LogP contribution in [-0.2, 0) is 6.54 Å². The Hall–Kier alpha value is -2.14. The van der Waals surface area contributed by atoms with Crippen molar-refractivity contribution in [2.45, 2.75) is 13.5 Å². The Kier molecular flexibility index (Phi) is 4.53. The number of carbonyl (C=O) groups excluding carboxylic acids is 1. The van der Waals surface area contributed by atoms with E-state index in [9.17, 15) is 4.79 Å². The molecule has 5 nitrogen and oxygen atoms in total. The second-order valence-electron chi connectivity index (χ2n) is 4.19. The molecule has 2 rings (SSSR count). The first-order chi connectivity index (χ1) is 9.60. The lowest BCUT2D eigenvalue weighted by Crippen LogP contribution is -2.28. The molecule has 0 aliphatic heterocycles. The molecule has 0 saturated carbocycles. The Morgan fingerprint density at radius 1 is 1.45 bits per heavy atom. The van der Waals surface area contributed by atoms with Gasteiger partial charge in [0.2, 0.25) is 0 Å². The van der Waals surface area contributed by atoms with Gasteiger partial charge < -0.3 is 19.8 Å². The first-order valence-electron chi connectivity index (χ1n) is 6.01. The van der Waals surface area contributed by atoms with E-state index in [1.807, 2.05) is 6.92 Å². The Morgan fingerprint density at radius 2 is 2.25 bits per heavy atom. The van der Waals surface area contributed by atoms with Gasteiger partial charge in [0, 0.05) is 11.1 Å². The number of amides is 2. The van der Waals surface area contributed by atoms with Crippen molar-refractivity contribution in [2.24, 2.45) is 0 Å². The van der Waals surface area contributed by atoms with E-state index in [0.717, 1.165) is 5.56 Å². The van der Waals surface area contributed by atoms with Gasteiger partial charge in [-0.05, 0) is 30.7 Å². The maximum absolute atomic E-state index is 11.8. The van der Waals surface area contributed by atoms with Gasteiger partial charge in [0.05, 0.1) is 25.6 Å². The number of carbonyl (C=O) groups is 1. The molecular weight excluding hydrogens is 280 g/mol. The molecule has 0 radical (unpaired) electrons. The Bertz CT molecular complexity index is 597. The molecule has 0 aliphatic rings.